The number of likely N-dealkylation sites (N-methyl/N-ethyl adjacent to an activating group) is 1. The van der Waals surface area contributed by atoms with E-state index in [1.807, 2.05) is 12.1 Å². The van der Waals surface area contributed by atoms with Crippen LogP contribution in [0.25, 0.3) is 5.65 Å². The summed E-state index contributed by atoms with van der Waals surface area (Å²) in [6.07, 6.45) is 0.645. The van der Waals surface area contributed by atoms with E-state index in [4.69, 9.17) is 0 Å². The summed E-state index contributed by atoms with van der Waals surface area (Å²) in [5.74, 6) is 1.02. The van der Waals surface area contributed by atoms with Gasteiger partial charge in [0.25, 0.3) is 0 Å². The Labute approximate surface area is 162 Å². The summed E-state index contributed by atoms with van der Waals surface area (Å²) >= 11 is 0. The zero-order valence-electron chi connectivity index (χ0n) is 15.7. The van der Waals surface area contributed by atoms with E-state index in [0.717, 1.165) is 32.0 Å². The van der Waals surface area contributed by atoms with Gasteiger partial charge in [-0.1, -0.05) is 0 Å². The van der Waals surface area contributed by atoms with E-state index in [-0.39, 0.29) is 18.1 Å². The molecule has 0 aliphatic carbocycles. The van der Waals surface area contributed by atoms with Crippen LogP contribution < -0.4 is 10.2 Å². The number of carbonyl (C=O) groups is 1. The molecule has 3 aromatic rings. The van der Waals surface area contributed by atoms with E-state index >= 15 is 0 Å². The van der Waals surface area contributed by atoms with Crippen LogP contribution in [0.2, 0.25) is 0 Å². The summed E-state index contributed by atoms with van der Waals surface area (Å²) in [7, 11) is 2.11. The van der Waals surface area contributed by atoms with Crippen molar-refractivity contribution >= 4 is 23.1 Å². The number of nitrogens with one attached hydrogen (secondary N) is 1. The lowest BCUT2D eigenvalue weighted by Gasteiger charge is -2.33. The third kappa shape index (κ3) is 4.09. The van der Waals surface area contributed by atoms with Gasteiger partial charge in [0.2, 0.25) is 5.91 Å². The quantitative estimate of drug-likeness (QED) is 0.721. The third-order valence-electron chi connectivity index (χ3n) is 4.84. The molecule has 1 fully saturated rings. The lowest BCUT2D eigenvalue weighted by atomic mass is 10.2. The van der Waals surface area contributed by atoms with Gasteiger partial charge in [0.1, 0.15) is 11.6 Å². The van der Waals surface area contributed by atoms with Crippen molar-refractivity contribution < 1.29 is 9.18 Å². The predicted molar refractivity (Wildman–Crippen MR) is 104 cm³/mol. The molecule has 1 amide bonds. The molecule has 1 aliphatic heterocycles. The van der Waals surface area contributed by atoms with E-state index in [0.29, 0.717) is 23.6 Å². The number of benzene rings is 1. The molecule has 0 radical (unpaired) electrons. The maximum absolute atomic E-state index is 12.9. The van der Waals surface area contributed by atoms with Crippen LogP contribution in [-0.4, -0.2) is 63.8 Å². The number of piperazine rings is 1. The van der Waals surface area contributed by atoms with E-state index in [2.05, 4.69) is 37.5 Å². The molecule has 146 valence electrons. The molecule has 1 aromatic carbocycles. The Balaban J connectivity index is 1.42. The van der Waals surface area contributed by atoms with Gasteiger partial charge in [-0.3, -0.25) is 4.79 Å². The topological polar surface area (TPSA) is 78.7 Å². The molecule has 1 saturated heterocycles. The van der Waals surface area contributed by atoms with Gasteiger partial charge in [0, 0.05) is 44.7 Å². The van der Waals surface area contributed by atoms with Gasteiger partial charge in [-0.15, -0.1) is 15.3 Å². The fraction of sp³-hybridized carbons (Fsp3) is 0.368. The largest absolute Gasteiger partial charge is 0.353 e. The van der Waals surface area contributed by atoms with Gasteiger partial charge >= 0.3 is 0 Å². The van der Waals surface area contributed by atoms with Crippen molar-refractivity contribution in [1.82, 2.24) is 24.7 Å². The summed E-state index contributed by atoms with van der Waals surface area (Å²) in [5.41, 5.74) is 1.22. The minimum Gasteiger partial charge on any atom is -0.353 e. The fourth-order valence-electron chi connectivity index (χ4n) is 3.17. The van der Waals surface area contributed by atoms with E-state index in [1.165, 1.54) is 24.3 Å². The van der Waals surface area contributed by atoms with Crippen molar-refractivity contribution in [1.29, 1.82) is 0 Å². The van der Waals surface area contributed by atoms with Crippen molar-refractivity contribution in [2.24, 2.45) is 0 Å². The zero-order chi connectivity index (χ0) is 19.5. The Morgan fingerprint density at radius 1 is 1.07 bits per heavy atom. The fourth-order valence-corrected chi connectivity index (χ4v) is 3.17. The first-order chi connectivity index (χ1) is 13.6. The Morgan fingerprint density at radius 3 is 2.57 bits per heavy atom. The second-order valence-corrected chi connectivity index (χ2v) is 6.92. The number of halogens is 1. The number of nitrogens with zero attached hydrogens (tertiary/aromatic N) is 6. The van der Waals surface area contributed by atoms with Gasteiger partial charge in [-0.25, -0.2) is 4.39 Å². The lowest BCUT2D eigenvalue weighted by Crippen LogP contribution is -2.45. The van der Waals surface area contributed by atoms with Crippen LogP contribution in [0.5, 0.6) is 0 Å². The van der Waals surface area contributed by atoms with Crippen LogP contribution in [0.15, 0.2) is 36.4 Å². The summed E-state index contributed by atoms with van der Waals surface area (Å²) < 4.78 is 14.7. The van der Waals surface area contributed by atoms with Crippen molar-refractivity contribution in [2.45, 2.75) is 12.8 Å². The van der Waals surface area contributed by atoms with Crippen LogP contribution in [0, 0.1) is 5.82 Å². The normalized spacial score (nSPS) is 15.1. The molecule has 0 spiro atoms. The summed E-state index contributed by atoms with van der Waals surface area (Å²) in [6.45, 7) is 3.84. The summed E-state index contributed by atoms with van der Waals surface area (Å²) in [5, 5.41) is 15.7. The molecular formula is C19H22FN7O. The van der Waals surface area contributed by atoms with Crippen LogP contribution in [-0.2, 0) is 11.2 Å². The Hall–Kier alpha value is -3.07. The zero-order valence-corrected chi connectivity index (χ0v) is 15.7. The first kappa shape index (κ1) is 18.3. The molecule has 1 N–H and O–H groups in total. The average molecular weight is 383 g/mol. The number of carbonyl (C=O) groups excluding carboxylic acids is 1. The highest BCUT2D eigenvalue weighted by Crippen LogP contribution is 2.15. The number of hydrogen-bond donors (Lipinski definition) is 1. The second kappa shape index (κ2) is 7.89. The first-order valence-corrected chi connectivity index (χ1v) is 9.29. The van der Waals surface area contributed by atoms with Crippen molar-refractivity contribution in [3.8, 4) is 0 Å². The molecule has 2 aromatic heterocycles. The van der Waals surface area contributed by atoms with Gasteiger partial charge in [0.05, 0.1) is 0 Å². The number of amides is 1. The van der Waals surface area contributed by atoms with E-state index < -0.39 is 0 Å². The number of fused-ring (bicyclic) bond motifs is 1. The minimum absolute atomic E-state index is 0.168. The van der Waals surface area contributed by atoms with Crippen LogP contribution in [0.3, 0.4) is 0 Å². The third-order valence-corrected chi connectivity index (χ3v) is 4.84. The van der Waals surface area contributed by atoms with Crippen LogP contribution >= 0.6 is 0 Å². The van der Waals surface area contributed by atoms with Crippen molar-refractivity contribution in [2.75, 3.05) is 43.4 Å². The number of rotatable bonds is 5. The first-order valence-electron chi connectivity index (χ1n) is 9.29. The molecular weight excluding hydrogens is 361 g/mol. The number of anilines is 2. The van der Waals surface area contributed by atoms with Crippen molar-refractivity contribution in [3.63, 3.8) is 0 Å². The predicted octanol–water partition coefficient (Wildman–Crippen LogP) is 1.59. The highest BCUT2D eigenvalue weighted by Gasteiger charge is 2.17. The molecule has 8 nitrogen and oxygen atoms in total. The molecule has 0 saturated carbocycles. The molecule has 0 bridgehead atoms. The van der Waals surface area contributed by atoms with E-state index in [9.17, 15) is 9.18 Å². The molecule has 3 heterocycles. The number of aromatic nitrogens is 4. The molecule has 28 heavy (non-hydrogen) atoms. The van der Waals surface area contributed by atoms with Crippen molar-refractivity contribution in [3.05, 3.63) is 48.0 Å². The molecule has 0 atom stereocenters. The van der Waals surface area contributed by atoms with Crippen LogP contribution in [0.1, 0.15) is 12.2 Å². The standard InChI is InChI=1S/C19H22FN7O/c1-25-10-12-26(13-11-25)18-7-6-16-22-23-17(27(16)24-18)8-9-19(28)21-15-4-2-14(20)3-5-15/h2-7H,8-13H2,1H3,(H,21,28). The van der Waals surface area contributed by atoms with Gasteiger partial charge in [-0.2, -0.15) is 4.52 Å². The molecule has 0 unspecified atom stereocenters. The highest BCUT2D eigenvalue weighted by molar-refractivity contribution is 5.90. The van der Waals surface area contributed by atoms with Gasteiger partial charge in [-0.05, 0) is 43.4 Å². The Bertz CT molecular complexity index is 964. The minimum atomic E-state index is -0.338. The SMILES string of the molecule is CN1CCN(c2ccc3nnc(CCC(=O)Nc4ccc(F)cc4)n3n2)CC1. The smallest absolute Gasteiger partial charge is 0.224 e. The lowest BCUT2D eigenvalue weighted by molar-refractivity contribution is -0.116. The summed E-state index contributed by atoms with van der Waals surface area (Å²) in [4.78, 5) is 16.7. The highest BCUT2D eigenvalue weighted by atomic mass is 19.1. The Kier molecular flexibility index (Phi) is 5.16. The van der Waals surface area contributed by atoms with Gasteiger partial charge < -0.3 is 15.1 Å². The van der Waals surface area contributed by atoms with Crippen LogP contribution in [0.4, 0.5) is 15.9 Å². The van der Waals surface area contributed by atoms with Gasteiger partial charge in [0.15, 0.2) is 11.5 Å². The number of aryl methyl sites for hydroxylation is 1. The maximum atomic E-state index is 12.9. The molecule has 9 heteroatoms. The molecule has 4 rings (SSSR count). The Morgan fingerprint density at radius 2 is 1.82 bits per heavy atom. The van der Waals surface area contributed by atoms with E-state index in [1.54, 1.807) is 4.52 Å². The number of hydrogen-bond acceptors (Lipinski definition) is 6. The maximum Gasteiger partial charge on any atom is 0.224 e. The second-order valence-electron chi connectivity index (χ2n) is 6.92. The molecule has 1 aliphatic rings. The monoisotopic (exact) mass is 383 g/mol. The average Bonchev–Trinajstić information content (AvgIpc) is 3.11. The summed E-state index contributed by atoms with van der Waals surface area (Å²) in [6, 6.07) is 9.54.